The third-order valence-electron chi connectivity index (χ3n) is 5.95. The molecule has 0 atom stereocenters. The zero-order valence-corrected chi connectivity index (χ0v) is 20.1. The first-order valence-electron chi connectivity index (χ1n) is 10.8. The number of non-ortho nitro benzene ring substituents is 1. The summed E-state index contributed by atoms with van der Waals surface area (Å²) in [6, 6.07) is 17.5. The van der Waals surface area contributed by atoms with Gasteiger partial charge in [0.05, 0.1) is 28.8 Å². The molecule has 3 aromatic carbocycles. The van der Waals surface area contributed by atoms with Gasteiger partial charge in [0.25, 0.3) is 5.69 Å². The molecule has 0 bridgehead atoms. The molecule has 5 aromatic rings. The molecule has 0 fully saturated rings. The third kappa shape index (κ3) is 4.15. The number of para-hydroxylation sites is 2. The number of hydrogen-bond acceptors (Lipinski definition) is 7. The number of nitrogens with zero attached hydrogens (tertiary/aromatic N) is 3. The molecular formula is C26H21N3O5S. The maximum atomic E-state index is 12.2. The van der Waals surface area contributed by atoms with Crippen molar-refractivity contribution >= 4 is 39.5 Å². The van der Waals surface area contributed by atoms with Crippen LogP contribution in [0.4, 0.5) is 5.69 Å². The number of aryl methyl sites for hydroxylation is 2. The standard InChI is InChI=1S/C26H21N3O5S/c1-15-10-19-17(12-25(30)34-24(19)11-16(15)2)14-35-26-27-20-13-18(29(31)32)8-9-21(20)28(26)22-6-4-5-7-23(22)33-3/h4-13H,14H2,1-3H3. The Morgan fingerprint density at radius 1 is 1.09 bits per heavy atom. The van der Waals surface area contributed by atoms with Gasteiger partial charge in [0.15, 0.2) is 5.16 Å². The van der Waals surface area contributed by atoms with E-state index in [-0.39, 0.29) is 5.69 Å². The molecule has 0 saturated carbocycles. The summed E-state index contributed by atoms with van der Waals surface area (Å²) in [7, 11) is 1.59. The fraction of sp³-hybridized carbons (Fsp3) is 0.154. The van der Waals surface area contributed by atoms with E-state index < -0.39 is 10.5 Å². The zero-order chi connectivity index (χ0) is 24.7. The highest BCUT2D eigenvalue weighted by atomic mass is 32.2. The fourth-order valence-electron chi connectivity index (χ4n) is 4.05. The summed E-state index contributed by atoms with van der Waals surface area (Å²) in [6.07, 6.45) is 0. The van der Waals surface area contributed by atoms with E-state index in [2.05, 4.69) is 0 Å². The highest BCUT2D eigenvalue weighted by Gasteiger charge is 2.19. The van der Waals surface area contributed by atoms with Crippen LogP contribution in [0, 0.1) is 24.0 Å². The molecular weight excluding hydrogens is 466 g/mol. The van der Waals surface area contributed by atoms with Crippen molar-refractivity contribution < 1.29 is 14.1 Å². The van der Waals surface area contributed by atoms with E-state index >= 15 is 0 Å². The molecule has 2 heterocycles. The number of ether oxygens (including phenoxy) is 1. The van der Waals surface area contributed by atoms with Gasteiger partial charge in [-0.2, -0.15) is 0 Å². The quantitative estimate of drug-likeness (QED) is 0.126. The molecule has 0 unspecified atom stereocenters. The molecule has 176 valence electrons. The number of rotatable bonds is 6. The van der Waals surface area contributed by atoms with Crippen LogP contribution in [0.5, 0.6) is 5.75 Å². The average molecular weight is 488 g/mol. The van der Waals surface area contributed by atoms with Crippen molar-refractivity contribution in [1.82, 2.24) is 9.55 Å². The smallest absolute Gasteiger partial charge is 0.336 e. The summed E-state index contributed by atoms with van der Waals surface area (Å²) in [5.41, 5.74) is 5.05. The SMILES string of the molecule is COc1ccccc1-n1c(SCc2cc(=O)oc3cc(C)c(C)cc23)nc2cc([N+](=O)[O-])ccc21. The largest absolute Gasteiger partial charge is 0.495 e. The molecule has 2 aromatic heterocycles. The second-order valence-electron chi connectivity index (χ2n) is 8.14. The monoisotopic (exact) mass is 487 g/mol. The molecule has 0 saturated heterocycles. The minimum atomic E-state index is -0.436. The number of hydrogen-bond donors (Lipinski definition) is 0. The number of fused-ring (bicyclic) bond motifs is 2. The molecule has 8 nitrogen and oxygen atoms in total. The third-order valence-corrected chi connectivity index (χ3v) is 6.93. The van der Waals surface area contributed by atoms with Gasteiger partial charge in [-0.15, -0.1) is 0 Å². The average Bonchev–Trinajstić information content (AvgIpc) is 3.20. The first-order valence-corrected chi connectivity index (χ1v) is 11.8. The molecule has 0 N–H and O–H groups in total. The summed E-state index contributed by atoms with van der Waals surface area (Å²) in [5, 5.41) is 12.8. The second-order valence-corrected chi connectivity index (χ2v) is 9.09. The van der Waals surface area contributed by atoms with Crippen LogP contribution in [0.15, 0.2) is 75.0 Å². The highest BCUT2D eigenvalue weighted by Crippen LogP contribution is 2.35. The van der Waals surface area contributed by atoms with E-state index in [4.69, 9.17) is 14.1 Å². The van der Waals surface area contributed by atoms with E-state index in [1.807, 2.05) is 54.8 Å². The predicted molar refractivity (Wildman–Crippen MR) is 136 cm³/mol. The Morgan fingerprint density at radius 3 is 2.63 bits per heavy atom. The Hall–Kier alpha value is -4.11. The zero-order valence-electron chi connectivity index (χ0n) is 19.3. The maximum absolute atomic E-state index is 12.2. The minimum absolute atomic E-state index is 0.0313. The summed E-state index contributed by atoms with van der Waals surface area (Å²) in [5.74, 6) is 1.09. The van der Waals surface area contributed by atoms with Crippen molar-refractivity contribution in [3.63, 3.8) is 0 Å². The Morgan fingerprint density at radius 2 is 1.86 bits per heavy atom. The van der Waals surface area contributed by atoms with Crippen molar-refractivity contribution in [2.75, 3.05) is 7.11 Å². The van der Waals surface area contributed by atoms with Crippen LogP contribution < -0.4 is 10.4 Å². The van der Waals surface area contributed by atoms with E-state index in [1.165, 1.54) is 30.0 Å². The number of nitro groups is 1. The van der Waals surface area contributed by atoms with E-state index in [9.17, 15) is 14.9 Å². The first kappa shape index (κ1) is 22.7. The Balaban J connectivity index is 1.65. The van der Waals surface area contributed by atoms with Crippen LogP contribution in [-0.4, -0.2) is 21.6 Å². The highest BCUT2D eigenvalue weighted by molar-refractivity contribution is 7.98. The van der Waals surface area contributed by atoms with Crippen LogP contribution >= 0.6 is 11.8 Å². The van der Waals surface area contributed by atoms with Gasteiger partial charge in [-0.3, -0.25) is 14.7 Å². The lowest BCUT2D eigenvalue weighted by molar-refractivity contribution is -0.384. The summed E-state index contributed by atoms with van der Waals surface area (Å²) >= 11 is 1.43. The molecule has 0 aliphatic heterocycles. The Kier molecular flexibility index (Phi) is 5.78. The van der Waals surface area contributed by atoms with Gasteiger partial charge in [0, 0.05) is 29.3 Å². The van der Waals surface area contributed by atoms with Gasteiger partial charge in [-0.1, -0.05) is 23.9 Å². The topological polar surface area (TPSA) is 100 Å². The van der Waals surface area contributed by atoms with Crippen LogP contribution in [-0.2, 0) is 5.75 Å². The molecule has 0 amide bonds. The van der Waals surface area contributed by atoms with Gasteiger partial charge in [-0.25, -0.2) is 9.78 Å². The van der Waals surface area contributed by atoms with Crippen molar-refractivity contribution in [1.29, 1.82) is 0 Å². The maximum Gasteiger partial charge on any atom is 0.336 e. The summed E-state index contributed by atoms with van der Waals surface area (Å²) < 4.78 is 12.9. The van der Waals surface area contributed by atoms with Gasteiger partial charge in [0.2, 0.25) is 0 Å². The minimum Gasteiger partial charge on any atom is -0.495 e. The lowest BCUT2D eigenvalue weighted by Gasteiger charge is -2.13. The number of aromatic nitrogens is 2. The molecule has 0 aliphatic carbocycles. The molecule has 9 heteroatoms. The molecule has 0 radical (unpaired) electrons. The molecule has 0 aliphatic rings. The number of methoxy groups -OCH3 is 1. The van der Waals surface area contributed by atoms with Crippen molar-refractivity contribution in [3.05, 3.63) is 97.9 Å². The lowest BCUT2D eigenvalue weighted by Crippen LogP contribution is -2.02. The second kappa shape index (κ2) is 8.92. The van der Waals surface area contributed by atoms with Gasteiger partial charge in [0.1, 0.15) is 11.3 Å². The fourth-order valence-corrected chi connectivity index (χ4v) is 5.06. The van der Waals surface area contributed by atoms with E-state index in [1.54, 1.807) is 13.2 Å². The van der Waals surface area contributed by atoms with E-state index in [0.29, 0.717) is 33.3 Å². The summed E-state index contributed by atoms with van der Waals surface area (Å²) in [4.78, 5) is 27.9. The van der Waals surface area contributed by atoms with Gasteiger partial charge >= 0.3 is 5.63 Å². The van der Waals surface area contributed by atoms with Gasteiger partial charge in [-0.05, 0) is 60.9 Å². The first-order chi connectivity index (χ1) is 16.9. The van der Waals surface area contributed by atoms with Crippen molar-refractivity contribution in [2.24, 2.45) is 0 Å². The molecule has 5 rings (SSSR count). The lowest BCUT2D eigenvalue weighted by atomic mass is 10.0. The van der Waals surface area contributed by atoms with Crippen molar-refractivity contribution in [3.8, 4) is 11.4 Å². The van der Waals surface area contributed by atoms with Crippen LogP contribution in [0.1, 0.15) is 16.7 Å². The molecule has 35 heavy (non-hydrogen) atoms. The molecule has 0 spiro atoms. The number of benzene rings is 3. The Labute approximate surface area is 204 Å². The van der Waals surface area contributed by atoms with Crippen LogP contribution in [0.25, 0.3) is 27.7 Å². The van der Waals surface area contributed by atoms with Crippen LogP contribution in [0.3, 0.4) is 0 Å². The number of thioether (sulfide) groups is 1. The summed E-state index contributed by atoms with van der Waals surface area (Å²) in [6.45, 7) is 4.00. The number of nitro benzene ring substituents is 1. The number of imidazole rings is 1. The normalized spacial score (nSPS) is 11.3. The van der Waals surface area contributed by atoms with E-state index in [0.717, 1.165) is 27.8 Å². The van der Waals surface area contributed by atoms with Crippen molar-refractivity contribution in [2.45, 2.75) is 24.8 Å². The predicted octanol–water partition coefficient (Wildman–Crippen LogP) is 5.96. The van der Waals surface area contributed by atoms with Crippen LogP contribution in [0.2, 0.25) is 0 Å². The Bertz CT molecular complexity index is 1670. The van der Waals surface area contributed by atoms with Gasteiger partial charge < -0.3 is 9.15 Å².